The van der Waals surface area contributed by atoms with E-state index in [-0.39, 0.29) is 6.54 Å². The van der Waals surface area contributed by atoms with E-state index >= 15 is 0 Å². The van der Waals surface area contributed by atoms with Gasteiger partial charge in [0.25, 0.3) is 15.9 Å². The fraction of sp³-hybridized carbons (Fsp3) is 0.625. The fourth-order valence-corrected chi connectivity index (χ4v) is 3.56. The van der Waals surface area contributed by atoms with Crippen LogP contribution in [0.15, 0.2) is 0 Å². The van der Waals surface area contributed by atoms with Crippen molar-refractivity contribution in [2.45, 2.75) is 25.1 Å². The number of carbonyl (C=O) groups excluding carboxylic acids is 1. The predicted octanol–water partition coefficient (Wildman–Crippen LogP) is 0.0304. The number of nitrogens with zero attached hydrogens (tertiary/aromatic N) is 3. The zero-order valence-corrected chi connectivity index (χ0v) is 11.2. The summed E-state index contributed by atoms with van der Waals surface area (Å²) >= 11 is 1.12. The predicted molar refractivity (Wildman–Crippen MR) is 63.0 cm³/mol. The molecule has 1 saturated heterocycles. The summed E-state index contributed by atoms with van der Waals surface area (Å²) in [5.74, 6) is -0.410. The molecule has 2 rings (SSSR count). The molecule has 0 aromatic carbocycles. The van der Waals surface area contributed by atoms with E-state index in [0.29, 0.717) is 10.7 Å². The molecule has 1 fully saturated rings. The Morgan fingerprint density at radius 1 is 1.47 bits per heavy atom. The van der Waals surface area contributed by atoms with Gasteiger partial charge in [-0.25, -0.2) is 12.7 Å². The second-order valence-electron chi connectivity index (χ2n) is 4.13. The SMILES string of the molecule is CNc1snnc1CN1C(=O)C(C)(C)S1(=O)=O. The Kier molecular flexibility index (Phi) is 2.62. The van der Waals surface area contributed by atoms with Gasteiger partial charge in [-0.2, -0.15) is 0 Å². The minimum absolute atomic E-state index is 0.0583. The van der Waals surface area contributed by atoms with E-state index in [9.17, 15) is 13.2 Å². The Bertz CT molecular complexity index is 563. The Morgan fingerprint density at radius 2 is 2.12 bits per heavy atom. The summed E-state index contributed by atoms with van der Waals surface area (Å²) in [5.41, 5.74) is 0.463. The van der Waals surface area contributed by atoms with Crippen molar-refractivity contribution in [1.82, 2.24) is 13.9 Å². The summed E-state index contributed by atoms with van der Waals surface area (Å²) < 4.78 is 26.9. The number of anilines is 1. The summed E-state index contributed by atoms with van der Waals surface area (Å²) in [6.45, 7) is 2.75. The largest absolute Gasteiger partial charge is 0.377 e. The lowest BCUT2D eigenvalue weighted by Gasteiger charge is -2.42. The number of carbonyl (C=O) groups is 1. The number of nitrogens with one attached hydrogen (secondary N) is 1. The van der Waals surface area contributed by atoms with Crippen molar-refractivity contribution in [3.63, 3.8) is 0 Å². The Balaban J connectivity index is 2.26. The normalized spacial score (nSPS) is 21.1. The molecule has 1 aliphatic heterocycles. The molecule has 1 N–H and O–H groups in total. The number of sulfonamides is 1. The van der Waals surface area contributed by atoms with E-state index in [2.05, 4.69) is 14.9 Å². The molecular formula is C8H12N4O3S2. The van der Waals surface area contributed by atoms with Gasteiger partial charge in [-0.3, -0.25) is 4.79 Å². The minimum atomic E-state index is -3.56. The first-order valence-corrected chi connectivity index (χ1v) is 7.09. The van der Waals surface area contributed by atoms with Crippen molar-refractivity contribution in [2.75, 3.05) is 12.4 Å². The molecule has 0 atom stereocenters. The Hall–Kier alpha value is -1.22. The quantitative estimate of drug-likeness (QED) is 0.837. The second-order valence-corrected chi connectivity index (χ2v) is 7.29. The molecule has 0 aliphatic carbocycles. The van der Waals surface area contributed by atoms with Crippen molar-refractivity contribution in [3.8, 4) is 0 Å². The highest BCUT2D eigenvalue weighted by Gasteiger charge is 2.60. The van der Waals surface area contributed by atoms with Gasteiger partial charge in [0.1, 0.15) is 10.7 Å². The van der Waals surface area contributed by atoms with Crippen LogP contribution in [0.3, 0.4) is 0 Å². The second kappa shape index (κ2) is 3.64. The minimum Gasteiger partial charge on any atom is -0.377 e. The van der Waals surface area contributed by atoms with Crippen LogP contribution >= 0.6 is 11.5 Å². The third-order valence-corrected chi connectivity index (χ3v) is 5.88. The maximum absolute atomic E-state index is 11.8. The molecule has 7 nitrogen and oxygen atoms in total. The first kappa shape index (κ1) is 12.2. The van der Waals surface area contributed by atoms with Crippen molar-refractivity contribution >= 4 is 32.5 Å². The van der Waals surface area contributed by atoms with Crippen LogP contribution in [0.5, 0.6) is 0 Å². The molecule has 9 heteroatoms. The van der Waals surface area contributed by atoms with Gasteiger partial charge in [0, 0.05) is 18.6 Å². The summed E-state index contributed by atoms with van der Waals surface area (Å²) in [7, 11) is -1.87. The molecule has 0 spiro atoms. The molecule has 0 radical (unpaired) electrons. The standard InChI is InChI=1S/C8H12N4O3S2/c1-8(2)7(13)12(17(8,14)15)4-5-6(9-3)16-11-10-5/h9H,4H2,1-3H3. The lowest BCUT2D eigenvalue weighted by Crippen LogP contribution is -2.66. The number of hydrogen-bond donors (Lipinski definition) is 1. The van der Waals surface area contributed by atoms with Gasteiger partial charge in [-0.05, 0) is 13.8 Å². The third kappa shape index (κ3) is 1.53. The van der Waals surface area contributed by atoms with Crippen molar-refractivity contribution in [3.05, 3.63) is 5.69 Å². The van der Waals surface area contributed by atoms with Crippen LogP contribution in [0.2, 0.25) is 0 Å². The van der Waals surface area contributed by atoms with Gasteiger partial charge < -0.3 is 5.32 Å². The summed E-state index contributed by atoms with van der Waals surface area (Å²) in [5, 5.41) is 7.32. The molecule has 94 valence electrons. The molecule has 1 amide bonds. The lowest BCUT2D eigenvalue weighted by molar-refractivity contribution is -0.132. The van der Waals surface area contributed by atoms with E-state index in [1.54, 1.807) is 7.05 Å². The monoisotopic (exact) mass is 276 g/mol. The molecule has 0 saturated carbocycles. The zero-order chi connectivity index (χ0) is 12.8. The fourth-order valence-electron chi connectivity index (χ4n) is 1.55. The highest BCUT2D eigenvalue weighted by molar-refractivity contribution is 7.94. The van der Waals surface area contributed by atoms with E-state index in [4.69, 9.17) is 0 Å². The van der Waals surface area contributed by atoms with Gasteiger partial charge >= 0.3 is 0 Å². The average molecular weight is 276 g/mol. The first-order chi connectivity index (χ1) is 7.82. The number of hydrogen-bond acceptors (Lipinski definition) is 7. The first-order valence-electron chi connectivity index (χ1n) is 4.88. The highest BCUT2D eigenvalue weighted by atomic mass is 32.2. The maximum atomic E-state index is 11.8. The highest BCUT2D eigenvalue weighted by Crippen LogP contribution is 2.36. The number of rotatable bonds is 3. The van der Waals surface area contributed by atoms with E-state index < -0.39 is 20.7 Å². The van der Waals surface area contributed by atoms with Gasteiger partial charge in [-0.1, -0.05) is 4.49 Å². The molecule has 0 unspecified atom stereocenters. The molecule has 17 heavy (non-hydrogen) atoms. The van der Waals surface area contributed by atoms with Gasteiger partial charge in [0.05, 0.1) is 6.54 Å². The van der Waals surface area contributed by atoms with Gasteiger partial charge in [0.2, 0.25) is 0 Å². The molecule has 1 aromatic rings. The zero-order valence-electron chi connectivity index (χ0n) is 9.59. The van der Waals surface area contributed by atoms with Crippen LogP contribution in [-0.2, 0) is 21.4 Å². The smallest absolute Gasteiger partial charge is 0.259 e. The van der Waals surface area contributed by atoms with Crippen molar-refractivity contribution in [2.24, 2.45) is 0 Å². The average Bonchev–Trinajstić information content (AvgIpc) is 2.71. The molecule has 2 heterocycles. The van der Waals surface area contributed by atoms with E-state index in [1.165, 1.54) is 13.8 Å². The number of amides is 1. The van der Waals surface area contributed by atoms with Crippen molar-refractivity contribution in [1.29, 1.82) is 0 Å². The van der Waals surface area contributed by atoms with Crippen LogP contribution in [0.25, 0.3) is 0 Å². The molecule has 0 bridgehead atoms. The number of aromatic nitrogens is 2. The van der Waals surface area contributed by atoms with E-state index in [0.717, 1.165) is 15.8 Å². The van der Waals surface area contributed by atoms with Crippen LogP contribution in [0.4, 0.5) is 5.00 Å². The Morgan fingerprint density at radius 3 is 2.65 bits per heavy atom. The van der Waals surface area contributed by atoms with Crippen LogP contribution in [0.1, 0.15) is 19.5 Å². The maximum Gasteiger partial charge on any atom is 0.259 e. The molecule has 1 aliphatic rings. The summed E-state index contributed by atoms with van der Waals surface area (Å²) in [4.78, 5) is 11.7. The molecule has 1 aromatic heterocycles. The lowest BCUT2D eigenvalue weighted by atomic mass is 10.2. The van der Waals surface area contributed by atoms with Gasteiger partial charge in [-0.15, -0.1) is 5.10 Å². The van der Waals surface area contributed by atoms with Crippen LogP contribution in [0, 0.1) is 0 Å². The summed E-state index contributed by atoms with van der Waals surface area (Å²) in [6, 6.07) is 0. The van der Waals surface area contributed by atoms with Crippen molar-refractivity contribution < 1.29 is 13.2 Å². The van der Waals surface area contributed by atoms with Crippen LogP contribution < -0.4 is 5.32 Å². The van der Waals surface area contributed by atoms with E-state index in [1.807, 2.05) is 0 Å². The third-order valence-electron chi connectivity index (χ3n) is 2.75. The Labute approximate surface area is 103 Å². The molecular weight excluding hydrogens is 264 g/mol. The summed E-state index contributed by atoms with van der Waals surface area (Å²) in [6.07, 6.45) is 0. The topological polar surface area (TPSA) is 92.3 Å². The van der Waals surface area contributed by atoms with Crippen LogP contribution in [-0.4, -0.2) is 40.0 Å². The van der Waals surface area contributed by atoms with Gasteiger partial charge in [0.15, 0.2) is 4.75 Å².